The number of hydrogen-bond donors (Lipinski definition) is 1. The monoisotopic (exact) mass is 413 g/mol. The SMILES string of the molecule is COc1ccc(C(CC(=O)c2ccc(Cl)cc2)Nc2ccc(F)cc2)cc1OC. The van der Waals surface area contributed by atoms with Crippen molar-refractivity contribution in [3.05, 3.63) is 88.7 Å². The summed E-state index contributed by atoms with van der Waals surface area (Å²) in [6.07, 6.45) is 0.189. The van der Waals surface area contributed by atoms with Gasteiger partial charge < -0.3 is 14.8 Å². The van der Waals surface area contributed by atoms with Crippen molar-refractivity contribution in [1.82, 2.24) is 0 Å². The van der Waals surface area contributed by atoms with Crippen LogP contribution in [0.1, 0.15) is 28.4 Å². The number of Topliss-reactive ketones (excluding diaryl/α,β-unsaturated/α-hetero) is 1. The van der Waals surface area contributed by atoms with Gasteiger partial charge in [0, 0.05) is 22.7 Å². The highest BCUT2D eigenvalue weighted by molar-refractivity contribution is 6.30. The third-order valence-electron chi connectivity index (χ3n) is 4.55. The number of halogens is 2. The van der Waals surface area contributed by atoms with E-state index in [1.807, 2.05) is 12.1 Å². The average molecular weight is 414 g/mol. The molecule has 29 heavy (non-hydrogen) atoms. The van der Waals surface area contributed by atoms with Crippen LogP contribution in [0.5, 0.6) is 11.5 Å². The van der Waals surface area contributed by atoms with Gasteiger partial charge in [-0.15, -0.1) is 0 Å². The number of nitrogens with one attached hydrogen (secondary N) is 1. The first-order chi connectivity index (χ1) is 14.0. The van der Waals surface area contributed by atoms with Crippen LogP contribution >= 0.6 is 11.6 Å². The Hall–Kier alpha value is -3.05. The number of hydrogen-bond acceptors (Lipinski definition) is 4. The molecule has 0 aliphatic rings. The van der Waals surface area contributed by atoms with Gasteiger partial charge in [-0.2, -0.15) is 0 Å². The predicted molar refractivity (Wildman–Crippen MR) is 113 cm³/mol. The minimum Gasteiger partial charge on any atom is -0.493 e. The summed E-state index contributed by atoms with van der Waals surface area (Å²) in [4.78, 5) is 12.9. The molecule has 0 amide bonds. The fourth-order valence-electron chi connectivity index (χ4n) is 3.01. The predicted octanol–water partition coefficient (Wildman–Crippen LogP) is 5.92. The molecule has 3 aromatic rings. The van der Waals surface area contributed by atoms with E-state index in [4.69, 9.17) is 21.1 Å². The lowest BCUT2D eigenvalue weighted by molar-refractivity contribution is 0.0976. The molecule has 0 spiro atoms. The fourth-order valence-corrected chi connectivity index (χ4v) is 3.13. The first-order valence-electron chi connectivity index (χ1n) is 9.03. The average Bonchev–Trinajstić information content (AvgIpc) is 2.74. The smallest absolute Gasteiger partial charge is 0.165 e. The van der Waals surface area contributed by atoms with Crippen LogP contribution < -0.4 is 14.8 Å². The molecule has 1 unspecified atom stereocenters. The highest BCUT2D eigenvalue weighted by atomic mass is 35.5. The Morgan fingerprint density at radius 2 is 1.62 bits per heavy atom. The van der Waals surface area contributed by atoms with Crippen LogP contribution in [-0.4, -0.2) is 20.0 Å². The lowest BCUT2D eigenvalue weighted by atomic mass is 9.97. The van der Waals surface area contributed by atoms with Crippen LogP contribution in [0, 0.1) is 5.82 Å². The molecular weight excluding hydrogens is 393 g/mol. The van der Waals surface area contributed by atoms with Crippen molar-refractivity contribution in [1.29, 1.82) is 0 Å². The van der Waals surface area contributed by atoms with E-state index in [2.05, 4.69) is 5.32 Å². The van der Waals surface area contributed by atoms with E-state index in [0.29, 0.717) is 27.8 Å². The zero-order chi connectivity index (χ0) is 20.8. The maximum atomic E-state index is 13.3. The number of ketones is 1. The van der Waals surface area contributed by atoms with E-state index >= 15 is 0 Å². The van der Waals surface area contributed by atoms with E-state index in [1.165, 1.54) is 12.1 Å². The topological polar surface area (TPSA) is 47.6 Å². The summed E-state index contributed by atoms with van der Waals surface area (Å²) in [7, 11) is 3.12. The summed E-state index contributed by atoms with van der Waals surface area (Å²) in [5.41, 5.74) is 2.12. The second kappa shape index (κ2) is 9.43. The lowest BCUT2D eigenvalue weighted by Gasteiger charge is -2.21. The van der Waals surface area contributed by atoms with Crippen LogP contribution in [-0.2, 0) is 0 Å². The Bertz CT molecular complexity index is 974. The summed E-state index contributed by atoms with van der Waals surface area (Å²) < 4.78 is 24.0. The summed E-state index contributed by atoms with van der Waals surface area (Å²) in [6.45, 7) is 0. The molecule has 0 aromatic heterocycles. The van der Waals surface area contributed by atoms with Crippen molar-refractivity contribution in [2.75, 3.05) is 19.5 Å². The Morgan fingerprint density at radius 1 is 0.966 bits per heavy atom. The van der Waals surface area contributed by atoms with Crippen LogP contribution in [0.3, 0.4) is 0 Å². The van der Waals surface area contributed by atoms with E-state index in [9.17, 15) is 9.18 Å². The van der Waals surface area contributed by atoms with Crippen LogP contribution in [0.15, 0.2) is 66.7 Å². The number of ether oxygens (including phenoxy) is 2. The molecule has 150 valence electrons. The molecule has 1 atom stereocenters. The number of carbonyl (C=O) groups is 1. The third kappa shape index (κ3) is 5.27. The molecule has 0 bridgehead atoms. The molecule has 4 nitrogen and oxygen atoms in total. The number of carbonyl (C=O) groups excluding carboxylic acids is 1. The van der Waals surface area contributed by atoms with Gasteiger partial charge in [0.1, 0.15) is 5.82 Å². The molecule has 3 aromatic carbocycles. The Kier molecular flexibility index (Phi) is 6.73. The molecule has 0 saturated heterocycles. The fraction of sp³-hybridized carbons (Fsp3) is 0.174. The Morgan fingerprint density at radius 3 is 2.24 bits per heavy atom. The maximum Gasteiger partial charge on any atom is 0.165 e. The highest BCUT2D eigenvalue weighted by Crippen LogP contribution is 2.33. The maximum absolute atomic E-state index is 13.3. The molecule has 0 fully saturated rings. The van der Waals surface area contributed by atoms with Gasteiger partial charge in [0.05, 0.1) is 20.3 Å². The van der Waals surface area contributed by atoms with Gasteiger partial charge in [-0.25, -0.2) is 4.39 Å². The van der Waals surface area contributed by atoms with Crippen LogP contribution in [0.4, 0.5) is 10.1 Å². The molecule has 0 aliphatic carbocycles. The van der Waals surface area contributed by atoms with Gasteiger partial charge in [-0.3, -0.25) is 4.79 Å². The standard InChI is InChI=1S/C23H21ClFNO3/c1-28-22-12-5-16(13-23(22)29-2)20(26-19-10-8-18(25)9-11-19)14-21(27)15-3-6-17(24)7-4-15/h3-13,20,26H,14H2,1-2H3. The van der Waals surface area contributed by atoms with Crippen molar-refractivity contribution >= 4 is 23.1 Å². The first kappa shape index (κ1) is 20.7. The van der Waals surface area contributed by atoms with E-state index in [0.717, 1.165) is 5.56 Å². The molecule has 0 saturated carbocycles. The normalized spacial score (nSPS) is 11.6. The minimum atomic E-state index is -0.358. The summed E-state index contributed by atoms with van der Waals surface area (Å²) in [6, 6.07) is 17.9. The van der Waals surface area contributed by atoms with Crippen molar-refractivity contribution < 1.29 is 18.7 Å². The van der Waals surface area contributed by atoms with Gasteiger partial charge in [0.2, 0.25) is 0 Å². The van der Waals surface area contributed by atoms with Crippen LogP contribution in [0.25, 0.3) is 0 Å². The summed E-state index contributed by atoms with van der Waals surface area (Å²) in [5.74, 6) is 0.794. The van der Waals surface area contributed by atoms with Crippen molar-refractivity contribution in [3.63, 3.8) is 0 Å². The van der Waals surface area contributed by atoms with E-state index in [1.54, 1.807) is 56.7 Å². The van der Waals surface area contributed by atoms with E-state index < -0.39 is 0 Å². The Balaban J connectivity index is 1.91. The van der Waals surface area contributed by atoms with Crippen molar-refractivity contribution in [2.24, 2.45) is 0 Å². The second-order valence-electron chi connectivity index (χ2n) is 6.45. The molecule has 1 N–H and O–H groups in total. The van der Waals surface area contributed by atoms with Gasteiger partial charge in [-0.1, -0.05) is 17.7 Å². The zero-order valence-corrected chi connectivity index (χ0v) is 16.9. The molecule has 3 rings (SSSR count). The van der Waals surface area contributed by atoms with Gasteiger partial charge in [0.15, 0.2) is 17.3 Å². The number of anilines is 1. The molecule has 0 aliphatic heterocycles. The molecule has 6 heteroatoms. The highest BCUT2D eigenvalue weighted by Gasteiger charge is 2.19. The number of benzene rings is 3. The third-order valence-corrected chi connectivity index (χ3v) is 4.80. The lowest BCUT2D eigenvalue weighted by Crippen LogP contribution is -2.16. The molecule has 0 radical (unpaired) electrons. The largest absolute Gasteiger partial charge is 0.493 e. The number of methoxy groups -OCH3 is 2. The van der Waals surface area contributed by atoms with Crippen molar-refractivity contribution in [2.45, 2.75) is 12.5 Å². The van der Waals surface area contributed by atoms with Gasteiger partial charge in [0.25, 0.3) is 0 Å². The van der Waals surface area contributed by atoms with E-state index in [-0.39, 0.29) is 24.1 Å². The van der Waals surface area contributed by atoms with Crippen LogP contribution in [0.2, 0.25) is 5.02 Å². The molecular formula is C23H21ClFNO3. The minimum absolute atomic E-state index is 0.0453. The Labute approximate surface area is 174 Å². The summed E-state index contributed by atoms with van der Waals surface area (Å²) >= 11 is 5.92. The quantitative estimate of drug-likeness (QED) is 0.465. The van der Waals surface area contributed by atoms with Gasteiger partial charge in [-0.05, 0) is 66.2 Å². The van der Waals surface area contributed by atoms with Gasteiger partial charge >= 0.3 is 0 Å². The summed E-state index contributed by atoms with van der Waals surface area (Å²) in [5, 5.41) is 3.89. The second-order valence-corrected chi connectivity index (χ2v) is 6.89. The van der Waals surface area contributed by atoms with Crippen molar-refractivity contribution in [3.8, 4) is 11.5 Å². The molecule has 0 heterocycles. The number of rotatable bonds is 8. The zero-order valence-electron chi connectivity index (χ0n) is 16.1. The first-order valence-corrected chi connectivity index (χ1v) is 9.40.